The highest BCUT2D eigenvalue weighted by molar-refractivity contribution is 6.30. The van der Waals surface area contributed by atoms with Crippen molar-refractivity contribution < 1.29 is 32.6 Å². The summed E-state index contributed by atoms with van der Waals surface area (Å²) in [6, 6.07) is 8.75. The summed E-state index contributed by atoms with van der Waals surface area (Å²) in [4.78, 5) is 26.0. The summed E-state index contributed by atoms with van der Waals surface area (Å²) in [5.74, 6) is -1.91. The standard InChI is InChI=1S/C24H29ClF3N3O4.ClH/c1-13(2)19(21(32)24(26,27)28)30-23(34)20(15-7-9-17(35-3)10-8-15)31-22(33)18(29)12-14-5-4-6-16(25)11-14;/h4-11,13,18-21,32H,12,29H2,1-3H3,(H,30,34)(H,31,33);1H/t18-,19-,20-,21-;/m0./s1. The Labute approximate surface area is 218 Å². The van der Waals surface area contributed by atoms with Crippen LogP contribution >= 0.6 is 24.0 Å². The van der Waals surface area contributed by atoms with E-state index < -0.39 is 48.1 Å². The van der Waals surface area contributed by atoms with Crippen molar-refractivity contribution in [1.29, 1.82) is 0 Å². The van der Waals surface area contributed by atoms with Gasteiger partial charge in [-0.2, -0.15) is 13.2 Å². The van der Waals surface area contributed by atoms with Crippen molar-refractivity contribution in [1.82, 2.24) is 10.6 Å². The van der Waals surface area contributed by atoms with Gasteiger partial charge in [-0.3, -0.25) is 9.59 Å². The lowest BCUT2D eigenvalue weighted by atomic mass is 9.96. The first-order valence-electron chi connectivity index (χ1n) is 10.8. The Morgan fingerprint density at radius 2 is 1.69 bits per heavy atom. The predicted octanol–water partition coefficient (Wildman–Crippen LogP) is 3.56. The SMILES string of the molecule is COc1ccc([C@H](NC(=O)[C@@H](N)Cc2cccc(Cl)c2)C(=O)N[C@@H](C(C)C)[C@H](O)C(F)(F)F)cc1.Cl. The number of methoxy groups -OCH3 is 1. The number of benzene rings is 2. The molecule has 2 aromatic rings. The quantitative estimate of drug-likeness (QED) is 0.360. The number of alkyl halides is 3. The number of ether oxygens (including phenoxy) is 1. The number of rotatable bonds is 10. The second kappa shape index (κ2) is 13.7. The minimum Gasteiger partial charge on any atom is -0.497 e. The zero-order valence-electron chi connectivity index (χ0n) is 19.9. The van der Waals surface area contributed by atoms with Gasteiger partial charge in [0.2, 0.25) is 11.8 Å². The Morgan fingerprint density at radius 1 is 1.08 bits per heavy atom. The van der Waals surface area contributed by atoms with Crippen molar-refractivity contribution in [3.8, 4) is 5.75 Å². The van der Waals surface area contributed by atoms with Crippen molar-refractivity contribution in [2.24, 2.45) is 11.7 Å². The molecule has 36 heavy (non-hydrogen) atoms. The predicted molar refractivity (Wildman–Crippen MR) is 133 cm³/mol. The molecule has 0 heterocycles. The number of aliphatic hydroxyl groups excluding tert-OH is 1. The van der Waals surface area contributed by atoms with Crippen LogP contribution in [0.1, 0.15) is 31.0 Å². The Hall–Kier alpha value is -2.53. The summed E-state index contributed by atoms with van der Waals surface area (Å²) in [6.07, 6.45) is -7.62. The van der Waals surface area contributed by atoms with Crippen LogP contribution in [0.25, 0.3) is 0 Å². The third kappa shape index (κ3) is 8.85. The van der Waals surface area contributed by atoms with Crippen LogP contribution in [0.5, 0.6) is 5.75 Å². The average Bonchev–Trinajstić information content (AvgIpc) is 2.79. The van der Waals surface area contributed by atoms with E-state index in [2.05, 4.69) is 10.6 Å². The fourth-order valence-corrected chi connectivity index (χ4v) is 3.63. The normalized spacial score (nSPS) is 14.7. The van der Waals surface area contributed by atoms with Gasteiger partial charge in [0.15, 0.2) is 6.10 Å². The first kappa shape index (κ1) is 31.5. The van der Waals surface area contributed by atoms with Crippen LogP contribution in [-0.4, -0.2) is 48.4 Å². The zero-order valence-corrected chi connectivity index (χ0v) is 21.5. The van der Waals surface area contributed by atoms with Gasteiger partial charge in [0, 0.05) is 5.02 Å². The Morgan fingerprint density at radius 3 is 2.19 bits per heavy atom. The van der Waals surface area contributed by atoms with Crippen LogP contribution in [0.3, 0.4) is 0 Å². The zero-order chi connectivity index (χ0) is 26.3. The van der Waals surface area contributed by atoms with Crippen LogP contribution in [0, 0.1) is 5.92 Å². The molecule has 0 aromatic heterocycles. The minimum absolute atomic E-state index is 0. The molecule has 2 aromatic carbocycles. The Balaban J connectivity index is 0.00000648. The molecule has 0 aliphatic rings. The van der Waals surface area contributed by atoms with E-state index in [1.807, 2.05) is 0 Å². The number of aliphatic hydroxyl groups is 1. The van der Waals surface area contributed by atoms with Crippen molar-refractivity contribution in [3.05, 3.63) is 64.7 Å². The van der Waals surface area contributed by atoms with Crippen molar-refractivity contribution in [2.75, 3.05) is 7.11 Å². The summed E-state index contributed by atoms with van der Waals surface area (Å²) in [6.45, 7) is 2.86. The number of halogens is 5. The number of carbonyl (C=O) groups is 2. The summed E-state index contributed by atoms with van der Waals surface area (Å²) >= 11 is 5.96. The lowest BCUT2D eigenvalue weighted by molar-refractivity contribution is -0.215. The van der Waals surface area contributed by atoms with Crippen LogP contribution in [0.2, 0.25) is 5.02 Å². The number of nitrogens with two attached hydrogens (primary N) is 1. The van der Waals surface area contributed by atoms with Gasteiger partial charge >= 0.3 is 6.18 Å². The maximum Gasteiger partial charge on any atom is 0.416 e. The molecule has 2 rings (SSSR count). The van der Waals surface area contributed by atoms with Gasteiger partial charge in [-0.15, -0.1) is 12.4 Å². The average molecular weight is 552 g/mol. The summed E-state index contributed by atoms with van der Waals surface area (Å²) in [5, 5.41) is 15.0. The van der Waals surface area contributed by atoms with E-state index in [9.17, 15) is 27.9 Å². The molecule has 0 aliphatic heterocycles. The molecule has 12 heteroatoms. The molecule has 0 aliphatic carbocycles. The molecule has 5 N–H and O–H groups in total. The fourth-order valence-electron chi connectivity index (χ4n) is 3.42. The first-order chi connectivity index (χ1) is 16.3. The summed E-state index contributed by atoms with van der Waals surface area (Å²) < 4.78 is 44.6. The molecule has 0 saturated carbocycles. The summed E-state index contributed by atoms with van der Waals surface area (Å²) in [5.41, 5.74) is 7.01. The van der Waals surface area contributed by atoms with Crippen LogP contribution < -0.4 is 21.1 Å². The molecule has 200 valence electrons. The van der Waals surface area contributed by atoms with Crippen LogP contribution in [0.4, 0.5) is 13.2 Å². The number of carbonyl (C=O) groups excluding carboxylic acids is 2. The lowest BCUT2D eigenvalue weighted by Crippen LogP contribution is -2.56. The second-order valence-corrected chi connectivity index (χ2v) is 8.86. The second-order valence-electron chi connectivity index (χ2n) is 8.42. The van der Waals surface area contributed by atoms with Crippen molar-refractivity contribution >= 4 is 35.8 Å². The molecule has 4 atom stereocenters. The molecule has 0 spiro atoms. The smallest absolute Gasteiger partial charge is 0.416 e. The van der Waals surface area contributed by atoms with Crippen molar-refractivity contribution in [2.45, 2.75) is 50.7 Å². The van der Waals surface area contributed by atoms with E-state index in [1.54, 1.807) is 24.3 Å². The van der Waals surface area contributed by atoms with Gasteiger partial charge in [-0.05, 0) is 47.7 Å². The monoisotopic (exact) mass is 551 g/mol. The first-order valence-corrected chi connectivity index (χ1v) is 11.2. The lowest BCUT2D eigenvalue weighted by Gasteiger charge is -2.31. The molecule has 7 nitrogen and oxygen atoms in total. The molecule has 0 saturated heterocycles. The maximum absolute atomic E-state index is 13.2. The molecular formula is C24H30Cl2F3N3O4. The largest absolute Gasteiger partial charge is 0.497 e. The van der Waals surface area contributed by atoms with E-state index in [0.29, 0.717) is 16.3 Å². The number of nitrogens with one attached hydrogen (secondary N) is 2. The van der Waals surface area contributed by atoms with Crippen LogP contribution in [-0.2, 0) is 16.0 Å². The molecule has 0 fully saturated rings. The van der Waals surface area contributed by atoms with Gasteiger partial charge in [-0.25, -0.2) is 0 Å². The molecule has 0 unspecified atom stereocenters. The van der Waals surface area contributed by atoms with E-state index in [0.717, 1.165) is 0 Å². The topological polar surface area (TPSA) is 114 Å². The van der Waals surface area contributed by atoms with Crippen molar-refractivity contribution in [3.63, 3.8) is 0 Å². The van der Waals surface area contributed by atoms with E-state index >= 15 is 0 Å². The third-order valence-corrected chi connectivity index (χ3v) is 5.62. The van der Waals surface area contributed by atoms with Crippen LogP contribution in [0.15, 0.2) is 48.5 Å². The Bertz CT molecular complexity index is 1010. The Kier molecular flexibility index (Phi) is 12.0. The molecule has 2 amide bonds. The number of hydrogen-bond acceptors (Lipinski definition) is 5. The maximum atomic E-state index is 13.2. The minimum atomic E-state index is -4.94. The van der Waals surface area contributed by atoms with E-state index in [-0.39, 0.29) is 24.4 Å². The highest BCUT2D eigenvalue weighted by atomic mass is 35.5. The fraction of sp³-hybridized carbons (Fsp3) is 0.417. The molecule has 0 bridgehead atoms. The summed E-state index contributed by atoms with van der Waals surface area (Å²) in [7, 11) is 1.45. The van der Waals surface area contributed by atoms with Gasteiger partial charge in [0.1, 0.15) is 11.8 Å². The van der Waals surface area contributed by atoms with Gasteiger partial charge < -0.3 is 26.2 Å². The van der Waals surface area contributed by atoms with E-state index in [4.69, 9.17) is 22.1 Å². The van der Waals surface area contributed by atoms with E-state index in [1.165, 1.54) is 45.2 Å². The highest BCUT2D eigenvalue weighted by Crippen LogP contribution is 2.26. The van der Waals surface area contributed by atoms with Gasteiger partial charge in [0.25, 0.3) is 0 Å². The van der Waals surface area contributed by atoms with Gasteiger partial charge in [0.05, 0.1) is 19.2 Å². The number of hydrogen-bond donors (Lipinski definition) is 4. The highest BCUT2D eigenvalue weighted by Gasteiger charge is 2.45. The third-order valence-electron chi connectivity index (χ3n) is 5.38. The molecule has 0 radical (unpaired) electrons. The van der Waals surface area contributed by atoms with Gasteiger partial charge in [-0.1, -0.05) is 49.7 Å². The number of amides is 2. The molecular weight excluding hydrogens is 522 g/mol.